The number of carbonyl (C=O) groups excluding carboxylic acids is 1. The monoisotopic (exact) mass is 432 g/mol. The molecular weight excluding hydrogens is 392 g/mol. The number of unbranched alkanes of at least 4 members (excludes halogenated alkanes) is 10. The molecule has 0 aliphatic rings. The van der Waals surface area contributed by atoms with Crippen LogP contribution >= 0.6 is 12.2 Å². The van der Waals surface area contributed by atoms with Gasteiger partial charge in [-0.25, -0.2) is 0 Å². The summed E-state index contributed by atoms with van der Waals surface area (Å²) in [7, 11) is 0. The molecule has 0 aromatic heterocycles. The van der Waals surface area contributed by atoms with E-state index in [9.17, 15) is 4.79 Å². The molecule has 0 spiro atoms. The Hall–Kier alpha value is -1.88. The van der Waals surface area contributed by atoms with E-state index in [0.29, 0.717) is 18.1 Å². The molecule has 0 heterocycles. The van der Waals surface area contributed by atoms with Crippen LogP contribution in [0, 0.1) is 0 Å². The van der Waals surface area contributed by atoms with E-state index < -0.39 is 0 Å². The predicted octanol–water partition coefficient (Wildman–Crippen LogP) is 7.16. The number of nitrogens with one attached hydrogen (secondary N) is 2. The fourth-order valence-corrected chi connectivity index (χ4v) is 3.40. The Labute approximate surface area is 188 Å². The first-order chi connectivity index (χ1) is 14.5. The first-order valence-corrected chi connectivity index (χ1v) is 11.9. The van der Waals surface area contributed by atoms with Gasteiger partial charge in [-0.3, -0.25) is 4.79 Å². The average molecular weight is 433 g/mol. The number of carbonyl (C=O) groups is 1. The highest BCUT2D eigenvalue weighted by atomic mass is 32.1. The van der Waals surface area contributed by atoms with Gasteiger partial charge < -0.3 is 15.4 Å². The number of amides is 1. The Morgan fingerprint density at radius 3 is 2.20 bits per heavy atom. The Kier molecular flexibility index (Phi) is 14.7. The van der Waals surface area contributed by atoms with Gasteiger partial charge in [0.05, 0.1) is 0 Å². The number of ether oxygens (including phenoxy) is 1. The smallest absolute Gasteiger partial charge is 0.226 e. The number of benzene rings is 1. The van der Waals surface area contributed by atoms with Crippen LogP contribution < -0.4 is 15.4 Å². The molecule has 4 nitrogen and oxygen atoms in total. The van der Waals surface area contributed by atoms with Crippen molar-refractivity contribution in [3.05, 3.63) is 36.4 Å². The number of rotatable bonds is 16. The second-order valence-electron chi connectivity index (χ2n) is 8.06. The highest BCUT2D eigenvalue weighted by molar-refractivity contribution is 7.80. The lowest BCUT2D eigenvalue weighted by molar-refractivity contribution is -0.119. The normalized spacial score (nSPS) is 10.5. The molecule has 0 bridgehead atoms. The van der Waals surface area contributed by atoms with Crippen LogP contribution in [0.4, 0.5) is 5.69 Å². The van der Waals surface area contributed by atoms with Crippen molar-refractivity contribution in [2.24, 2.45) is 0 Å². The molecular formula is C25H40N2O2S. The minimum absolute atomic E-state index is 0.0295. The van der Waals surface area contributed by atoms with Crippen LogP contribution in [-0.2, 0) is 4.79 Å². The second kappa shape index (κ2) is 16.9. The molecule has 1 aromatic rings. The van der Waals surface area contributed by atoms with Gasteiger partial charge >= 0.3 is 0 Å². The fraction of sp³-hybridized carbons (Fsp3) is 0.600. The first-order valence-electron chi connectivity index (χ1n) is 11.5. The van der Waals surface area contributed by atoms with E-state index >= 15 is 0 Å². The first kappa shape index (κ1) is 26.2. The molecule has 0 aliphatic heterocycles. The van der Waals surface area contributed by atoms with Crippen LogP contribution in [-0.4, -0.2) is 17.6 Å². The van der Waals surface area contributed by atoms with E-state index in [-0.39, 0.29) is 5.91 Å². The lowest BCUT2D eigenvalue weighted by Crippen LogP contribution is -2.33. The molecule has 0 aliphatic carbocycles. The van der Waals surface area contributed by atoms with Crippen LogP contribution in [0.3, 0.4) is 0 Å². The number of hydrogen-bond acceptors (Lipinski definition) is 3. The lowest BCUT2D eigenvalue weighted by atomic mass is 10.1. The Bertz CT molecular complexity index is 646. The van der Waals surface area contributed by atoms with E-state index in [1.54, 1.807) is 0 Å². The maximum absolute atomic E-state index is 12.1. The minimum Gasteiger partial charge on any atom is -0.489 e. The van der Waals surface area contributed by atoms with Crippen molar-refractivity contribution in [2.45, 2.75) is 90.9 Å². The van der Waals surface area contributed by atoms with Gasteiger partial charge in [-0.2, -0.15) is 0 Å². The van der Waals surface area contributed by atoms with Crippen LogP contribution in [0.2, 0.25) is 0 Å². The zero-order valence-electron chi connectivity index (χ0n) is 18.9. The standard InChI is InChI=1S/C25H40N2O2S/c1-4-5-6-7-8-9-10-11-12-13-14-18-24(28)27-25(30)26-22-16-15-17-23(19-22)29-20-21(2)3/h15-17,19H,2,4-14,18,20H2,1,3H3,(H2,26,27,28,30). The van der Waals surface area contributed by atoms with Gasteiger partial charge in [0.2, 0.25) is 5.91 Å². The summed E-state index contributed by atoms with van der Waals surface area (Å²) in [6.45, 7) is 8.48. The predicted molar refractivity (Wildman–Crippen MR) is 132 cm³/mol. The molecule has 1 amide bonds. The van der Waals surface area contributed by atoms with Gasteiger partial charge in [0.1, 0.15) is 12.4 Å². The van der Waals surface area contributed by atoms with Gasteiger partial charge in [-0.15, -0.1) is 0 Å². The van der Waals surface area contributed by atoms with E-state index in [1.807, 2.05) is 31.2 Å². The fourth-order valence-electron chi connectivity index (χ4n) is 3.17. The summed E-state index contributed by atoms with van der Waals surface area (Å²) in [5, 5.41) is 6.12. The summed E-state index contributed by atoms with van der Waals surface area (Å²) in [5.74, 6) is 0.705. The molecule has 0 fully saturated rings. The minimum atomic E-state index is -0.0295. The van der Waals surface area contributed by atoms with Gasteiger partial charge in [0.15, 0.2) is 5.11 Å². The molecule has 1 rings (SSSR count). The Morgan fingerprint density at radius 2 is 1.60 bits per heavy atom. The summed E-state index contributed by atoms with van der Waals surface area (Å²) >= 11 is 5.25. The number of anilines is 1. The van der Waals surface area contributed by atoms with E-state index in [4.69, 9.17) is 17.0 Å². The zero-order chi connectivity index (χ0) is 22.0. The second-order valence-corrected chi connectivity index (χ2v) is 8.47. The third-order valence-corrected chi connectivity index (χ3v) is 5.04. The topological polar surface area (TPSA) is 50.4 Å². The van der Waals surface area contributed by atoms with Crippen molar-refractivity contribution in [3.8, 4) is 5.75 Å². The number of hydrogen-bond donors (Lipinski definition) is 2. The molecule has 1 aromatic carbocycles. The quantitative estimate of drug-likeness (QED) is 0.165. The van der Waals surface area contributed by atoms with Gasteiger partial charge in [0, 0.05) is 18.2 Å². The zero-order valence-corrected chi connectivity index (χ0v) is 19.8. The molecule has 0 saturated carbocycles. The largest absolute Gasteiger partial charge is 0.489 e. The molecule has 0 saturated heterocycles. The maximum Gasteiger partial charge on any atom is 0.226 e. The third kappa shape index (κ3) is 14.2. The SMILES string of the molecule is C=C(C)COc1cccc(NC(=S)NC(=O)CCCCCCCCCCCCC)c1. The van der Waals surface area contributed by atoms with E-state index in [1.165, 1.54) is 57.8 Å². The maximum atomic E-state index is 12.1. The van der Waals surface area contributed by atoms with Gasteiger partial charge in [-0.1, -0.05) is 83.8 Å². The Balaban J connectivity index is 2.09. The van der Waals surface area contributed by atoms with Gasteiger partial charge in [-0.05, 0) is 43.3 Å². The molecule has 30 heavy (non-hydrogen) atoms. The van der Waals surface area contributed by atoms with Crippen LogP contribution in [0.5, 0.6) is 5.75 Å². The van der Waals surface area contributed by atoms with Crippen molar-refractivity contribution in [1.29, 1.82) is 0 Å². The van der Waals surface area contributed by atoms with Crippen molar-refractivity contribution >= 4 is 28.9 Å². The Morgan fingerprint density at radius 1 is 1.00 bits per heavy atom. The summed E-state index contributed by atoms with van der Waals surface area (Å²) in [6, 6.07) is 7.50. The van der Waals surface area contributed by atoms with E-state index in [2.05, 4.69) is 24.1 Å². The molecule has 0 atom stereocenters. The summed E-state index contributed by atoms with van der Waals surface area (Å²) in [4.78, 5) is 12.1. The molecule has 0 radical (unpaired) electrons. The van der Waals surface area contributed by atoms with Gasteiger partial charge in [0.25, 0.3) is 0 Å². The lowest BCUT2D eigenvalue weighted by Gasteiger charge is -2.11. The van der Waals surface area contributed by atoms with Crippen LogP contribution in [0.25, 0.3) is 0 Å². The summed E-state index contributed by atoms with van der Waals surface area (Å²) in [6.07, 6.45) is 14.5. The van der Waals surface area contributed by atoms with Crippen molar-refractivity contribution < 1.29 is 9.53 Å². The molecule has 0 unspecified atom stereocenters. The molecule has 2 N–H and O–H groups in total. The van der Waals surface area contributed by atoms with Crippen LogP contribution in [0.15, 0.2) is 36.4 Å². The average Bonchev–Trinajstić information content (AvgIpc) is 2.70. The van der Waals surface area contributed by atoms with Crippen molar-refractivity contribution in [3.63, 3.8) is 0 Å². The van der Waals surface area contributed by atoms with Crippen molar-refractivity contribution in [2.75, 3.05) is 11.9 Å². The highest BCUT2D eigenvalue weighted by Gasteiger charge is 2.06. The highest BCUT2D eigenvalue weighted by Crippen LogP contribution is 2.18. The molecule has 168 valence electrons. The number of thiocarbonyl (C=S) groups is 1. The van der Waals surface area contributed by atoms with E-state index in [0.717, 1.165) is 29.9 Å². The molecule has 5 heteroatoms. The summed E-state index contributed by atoms with van der Waals surface area (Å²) in [5.41, 5.74) is 1.74. The summed E-state index contributed by atoms with van der Waals surface area (Å²) < 4.78 is 5.62. The van der Waals surface area contributed by atoms with Crippen LogP contribution in [0.1, 0.15) is 90.9 Å². The third-order valence-electron chi connectivity index (χ3n) is 4.84. The van der Waals surface area contributed by atoms with Crippen molar-refractivity contribution in [1.82, 2.24) is 5.32 Å².